The number of alkyl halides is 3. The fraction of sp³-hybridized carbons (Fsp3) is 0.364. The molecule has 0 spiro atoms. The third-order valence-electron chi connectivity index (χ3n) is 5.21. The monoisotopic (exact) mass is 483 g/mol. The molecule has 2 heterocycles. The SMILES string of the molecule is O=C(c1cccc(C(F)(F)F)c1)N(CCCN1CCOCC1)c1nc2ccc(Cl)cc2s1. The van der Waals surface area contributed by atoms with Gasteiger partial charge in [0, 0.05) is 36.8 Å². The predicted octanol–water partition coefficient (Wildman–Crippen LogP) is 5.34. The lowest BCUT2D eigenvalue weighted by Gasteiger charge is -2.27. The molecule has 10 heteroatoms. The number of nitrogens with zero attached hydrogens (tertiary/aromatic N) is 3. The Balaban J connectivity index is 1.60. The number of hydrogen-bond donors (Lipinski definition) is 0. The highest BCUT2D eigenvalue weighted by atomic mass is 35.5. The van der Waals surface area contributed by atoms with Crippen LogP contribution in [-0.2, 0) is 10.9 Å². The van der Waals surface area contributed by atoms with E-state index in [9.17, 15) is 18.0 Å². The molecule has 32 heavy (non-hydrogen) atoms. The first kappa shape index (κ1) is 23.0. The van der Waals surface area contributed by atoms with Crippen molar-refractivity contribution in [2.24, 2.45) is 0 Å². The molecule has 1 fully saturated rings. The standard InChI is InChI=1S/C22H21ClF3N3O2S/c23-17-5-6-18-19(14-17)32-21(27-18)29(8-2-7-28-9-11-31-12-10-28)20(30)15-3-1-4-16(13-15)22(24,25)26/h1,3-6,13-14H,2,7-12H2. The normalized spacial score (nSPS) is 15.2. The molecule has 4 rings (SSSR count). The van der Waals surface area contributed by atoms with E-state index in [0.29, 0.717) is 41.9 Å². The zero-order valence-electron chi connectivity index (χ0n) is 17.1. The molecule has 0 bridgehead atoms. The van der Waals surface area contributed by atoms with Gasteiger partial charge in [-0.25, -0.2) is 4.98 Å². The average Bonchev–Trinajstić information content (AvgIpc) is 3.19. The van der Waals surface area contributed by atoms with Crippen molar-refractivity contribution in [2.45, 2.75) is 12.6 Å². The highest BCUT2D eigenvalue weighted by molar-refractivity contribution is 7.22. The van der Waals surface area contributed by atoms with E-state index in [-0.39, 0.29) is 5.56 Å². The second-order valence-corrected chi connectivity index (χ2v) is 8.90. The van der Waals surface area contributed by atoms with Crippen LogP contribution in [0.25, 0.3) is 10.2 Å². The summed E-state index contributed by atoms with van der Waals surface area (Å²) in [4.78, 5) is 21.6. The molecular formula is C22H21ClF3N3O2S. The van der Waals surface area contributed by atoms with Crippen LogP contribution in [0.2, 0.25) is 5.02 Å². The first-order valence-corrected chi connectivity index (χ1v) is 11.4. The van der Waals surface area contributed by atoms with Gasteiger partial charge in [-0.2, -0.15) is 13.2 Å². The molecule has 1 aliphatic heterocycles. The van der Waals surface area contributed by atoms with Crippen molar-refractivity contribution in [3.05, 3.63) is 58.6 Å². The van der Waals surface area contributed by atoms with Crippen molar-refractivity contribution in [1.29, 1.82) is 0 Å². The maximum atomic E-state index is 13.3. The minimum absolute atomic E-state index is 0.0245. The Morgan fingerprint density at radius 1 is 1.19 bits per heavy atom. The second-order valence-electron chi connectivity index (χ2n) is 7.45. The molecule has 0 aliphatic carbocycles. The number of aromatic nitrogens is 1. The zero-order chi connectivity index (χ0) is 22.7. The third kappa shape index (κ3) is 5.40. The largest absolute Gasteiger partial charge is 0.416 e. The van der Waals surface area contributed by atoms with E-state index in [1.807, 2.05) is 0 Å². The molecule has 1 saturated heterocycles. The Morgan fingerprint density at radius 2 is 1.97 bits per heavy atom. The number of fused-ring (bicyclic) bond motifs is 1. The van der Waals surface area contributed by atoms with Crippen LogP contribution in [-0.4, -0.2) is 55.2 Å². The molecule has 0 unspecified atom stereocenters. The van der Waals surface area contributed by atoms with Crippen LogP contribution in [0, 0.1) is 0 Å². The van der Waals surface area contributed by atoms with Gasteiger partial charge >= 0.3 is 6.18 Å². The molecule has 1 aromatic heterocycles. The number of anilines is 1. The Hall–Kier alpha value is -2.20. The number of amides is 1. The van der Waals surface area contributed by atoms with Crippen molar-refractivity contribution in [2.75, 3.05) is 44.3 Å². The minimum atomic E-state index is -4.52. The fourth-order valence-electron chi connectivity index (χ4n) is 3.55. The van der Waals surface area contributed by atoms with Crippen LogP contribution >= 0.6 is 22.9 Å². The predicted molar refractivity (Wildman–Crippen MR) is 120 cm³/mol. The third-order valence-corrected chi connectivity index (χ3v) is 6.49. The highest BCUT2D eigenvalue weighted by Crippen LogP contribution is 2.33. The lowest BCUT2D eigenvalue weighted by molar-refractivity contribution is -0.137. The van der Waals surface area contributed by atoms with Gasteiger partial charge in [0.2, 0.25) is 0 Å². The maximum absolute atomic E-state index is 13.3. The van der Waals surface area contributed by atoms with Crippen LogP contribution in [0.15, 0.2) is 42.5 Å². The number of hydrogen-bond acceptors (Lipinski definition) is 5. The Kier molecular flexibility index (Phi) is 6.99. The summed E-state index contributed by atoms with van der Waals surface area (Å²) in [5, 5.41) is 0.988. The molecular weight excluding hydrogens is 463 g/mol. The Labute approximate surface area is 192 Å². The van der Waals surface area contributed by atoms with Gasteiger partial charge in [0.15, 0.2) is 5.13 Å². The lowest BCUT2D eigenvalue weighted by Crippen LogP contribution is -2.39. The summed E-state index contributed by atoms with van der Waals surface area (Å²) in [6.45, 7) is 4.08. The fourth-order valence-corrected chi connectivity index (χ4v) is 4.81. The molecule has 0 N–H and O–H groups in total. The number of thiazole rings is 1. The van der Waals surface area contributed by atoms with Gasteiger partial charge in [0.05, 0.1) is 29.0 Å². The van der Waals surface area contributed by atoms with Crippen LogP contribution < -0.4 is 4.90 Å². The van der Waals surface area contributed by atoms with E-state index in [4.69, 9.17) is 16.3 Å². The smallest absolute Gasteiger partial charge is 0.379 e. The van der Waals surface area contributed by atoms with Gasteiger partial charge in [-0.1, -0.05) is 29.0 Å². The van der Waals surface area contributed by atoms with Crippen LogP contribution in [0.1, 0.15) is 22.3 Å². The first-order chi connectivity index (χ1) is 15.3. The number of morpholine rings is 1. The van der Waals surface area contributed by atoms with Crippen molar-refractivity contribution >= 4 is 44.2 Å². The number of ether oxygens (including phenoxy) is 1. The molecule has 1 aliphatic rings. The highest BCUT2D eigenvalue weighted by Gasteiger charge is 2.32. The van der Waals surface area contributed by atoms with Gasteiger partial charge in [0.25, 0.3) is 5.91 Å². The maximum Gasteiger partial charge on any atom is 0.416 e. The van der Waals surface area contributed by atoms with Gasteiger partial charge in [-0.15, -0.1) is 0 Å². The van der Waals surface area contributed by atoms with Crippen molar-refractivity contribution < 1.29 is 22.7 Å². The topological polar surface area (TPSA) is 45.7 Å². The summed E-state index contributed by atoms with van der Waals surface area (Å²) < 4.78 is 45.7. The quantitative estimate of drug-likeness (QED) is 0.475. The van der Waals surface area contributed by atoms with Crippen molar-refractivity contribution in [1.82, 2.24) is 9.88 Å². The summed E-state index contributed by atoms with van der Waals surface area (Å²) in [7, 11) is 0. The van der Waals surface area contributed by atoms with E-state index >= 15 is 0 Å². The van der Waals surface area contributed by atoms with Crippen LogP contribution in [0.5, 0.6) is 0 Å². The van der Waals surface area contributed by atoms with Gasteiger partial charge in [-0.05, 0) is 42.8 Å². The van der Waals surface area contributed by atoms with Gasteiger partial charge < -0.3 is 4.74 Å². The molecule has 0 radical (unpaired) electrons. The first-order valence-electron chi connectivity index (χ1n) is 10.2. The number of halogens is 4. The van der Waals surface area contributed by atoms with Crippen LogP contribution in [0.3, 0.4) is 0 Å². The second kappa shape index (κ2) is 9.74. The number of benzene rings is 2. The van der Waals surface area contributed by atoms with E-state index in [0.717, 1.165) is 36.5 Å². The van der Waals surface area contributed by atoms with Crippen molar-refractivity contribution in [3.8, 4) is 0 Å². The Morgan fingerprint density at radius 3 is 2.72 bits per heavy atom. The molecule has 3 aromatic rings. The summed E-state index contributed by atoms with van der Waals surface area (Å²) in [6.07, 6.45) is -3.87. The summed E-state index contributed by atoms with van der Waals surface area (Å²) in [6, 6.07) is 9.74. The molecule has 0 saturated carbocycles. The number of rotatable bonds is 6. The number of carbonyl (C=O) groups is 1. The molecule has 2 aromatic carbocycles. The lowest BCUT2D eigenvalue weighted by atomic mass is 10.1. The molecule has 170 valence electrons. The van der Waals surface area contributed by atoms with E-state index in [1.165, 1.54) is 28.4 Å². The molecule has 1 amide bonds. The van der Waals surface area contributed by atoms with Gasteiger partial charge in [-0.3, -0.25) is 14.6 Å². The zero-order valence-corrected chi connectivity index (χ0v) is 18.6. The average molecular weight is 484 g/mol. The van der Waals surface area contributed by atoms with Crippen LogP contribution in [0.4, 0.5) is 18.3 Å². The number of carbonyl (C=O) groups excluding carboxylic acids is 1. The van der Waals surface area contributed by atoms with E-state index in [1.54, 1.807) is 18.2 Å². The Bertz CT molecular complexity index is 1100. The molecule has 0 atom stereocenters. The van der Waals surface area contributed by atoms with E-state index in [2.05, 4.69) is 9.88 Å². The van der Waals surface area contributed by atoms with Crippen molar-refractivity contribution in [3.63, 3.8) is 0 Å². The summed E-state index contributed by atoms with van der Waals surface area (Å²) >= 11 is 7.36. The van der Waals surface area contributed by atoms with E-state index < -0.39 is 17.6 Å². The summed E-state index contributed by atoms with van der Waals surface area (Å²) in [5.41, 5.74) is -0.194. The summed E-state index contributed by atoms with van der Waals surface area (Å²) in [5.74, 6) is -0.511. The van der Waals surface area contributed by atoms with Gasteiger partial charge in [0.1, 0.15) is 0 Å². The minimum Gasteiger partial charge on any atom is -0.379 e. The molecule has 5 nitrogen and oxygen atoms in total.